The van der Waals surface area contributed by atoms with E-state index in [-0.39, 0.29) is 5.75 Å². The Morgan fingerprint density at radius 2 is 2.00 bits per heavy atom. The summed E-state index contributed by atoms with van der Waals surface area (Å²) in [6.45, 7) is 0.645. The number of hydrogen-bond acceptors (Lipinski definition) is 2. The Bertz CT molecular complexity index is 531. The average molecular weight is 313 g/mol. The van der Waals surface area contributed by atoms with E-state index in [9.17, 15) is 5.11 Å². The van der Waals surface area contributed by atoms with E-state index < -0.39 is 0 Å². The molecule has 0 aliphatic heterocycles. The van der Waals surface area contributed by atoms with Gasteiger partial charge in [0.2, 0.25) is 0 Å². The lowest BCUT2D eigenvalue weighted by Gasteiger charge is -2.07. The number of anilines is 1. The van der Waals surface area contributed by atoms with Crippen LogP contribution in [0.5, 0.6) is 5.75 Å². The van der Waals surface area contributed by atoms with Gasteiger partial charge in [-0.1, -0.05) is 23.7 Å². The van der Waals surface area contributed by atoms with Crippen molar-refractivity contribution in [2.24, 2.45) is 0 Å². The van der Waals surface area contributed by atoms with Gasteiger partial charge >= 0.3 is 0 Å². The van der Waals surface area contributed by atoms with Gasteiger partial charge in [-0.15, -0.1) is 0 Å². The van der Waals surface area contributed by atoms with Gasteiger partial charge in [-0.2, -0.15) is 0 Å². The first-order valence-corrected chi connectivity index (χ1v) is 6.29. The van der Waals surface area contributed by atoms with Gasteiger partial charge in [0, 0.05) is 16.7 Å². The van der Waals surface area contributed by atoms with E-state index >= 15 is 0 Å². The van der Waals surface area contributed by atoms with Gasteiger partial charge < -0.3 is 10.4 Å². The number of nitrogens with one attached hydrogen (secondary N) is 1. The second-order valence-electron chi connectivity index (χ2n) is 3.65. The summed E-state index contributed by atoms with van der Waals surface area (Å²) in [5.74, 6) is 0.276. The molecule has 0 atom stereocenters. The van der Waals surface area contributed by atoms with Gasteiger partial charge in [0.1, 0.15) is 5.75 Å². The summed E-state index contributed by atoms with van der Waals surface area (Å²) in [5.41, 5.74) is 1.96. The number of rotatable bonds is 3. The van der Waals surface area contributed by atoms with Gasteiger partial charge in [-0.05, 0) is 51.8 Å². The molecule has 0 bridgehead atoms. The lowest BCUT2D eigenvalue weighted by Crippen LogP contribution is -1.98. The Morgan fingerprint density at radius 1 is 1.18 bits per heavy atom. The third-order valence-corrected chi connectivity index (χ3v) is 3.56. The lowest BCUT2D eigenvalue weighted by molar-refractivity contribution is 0.474. The minimum Gasteiger partial charge on any atom is -0.508 e. The molecule has 2 N–H and O–H groups in total. The summed E-state index contributed by atoms with van der Waals surface area (Å²) in [7, 11) is 0. The highest BCUT2D eigenvalue weighted by Crippen LogP contribution is 2.25. The minimum atomic E-state index is 0.276. The second kappa shape index (κ2) is 5.43. The van der Waals surface area contributed by atoms with Crippen molar-refractivity contribution in [3.63, 3.8) is 0 Å². The van der Waals surface area contributed by atoms with Crippen molar-refractivity contribution in [2.45, 2.75) is 6.54 Å². The van der Waals surface area contributed by atoms with Crippen molar-refractivity contribution in [2.75, 3.05) is 5.32 Å². The number of halogens is 2. The molecule has 0 aliphatic carbocycles. The predicted molar refractivity (Wildman–Crippen MR) is 74.6 cm³/mol. The fourth-order valence-corrected chi connectivity index (χ4v) is 1.90. The van der Waals surface area contributed by atoms with Gasteiger partial charge in [0.05, 0.1) is 5.02 Å². The monoisotopic (exact) mass is 311 g/mol. The number of phenolic OH excluding ortho intramolecular Hbond substituents is 1. The molecule has 0 fully saturated rings. The fraction of sp³-hybridized carbons (Fsp3) is 0.0769. The number of phenols is 1. The van der Waals surface area contributed by atoms with Crippen LogP contribution >= 0.6 is 27.5 Å². The molecule has 0 aliphatic rings. The molecular formula is C13H11BrClNO. The summed E-state index contributed by atoms with van der Waals surface area (Å²) in [6.07, 6.45) is 0. The molecule has 17 heavy (non-hydrogen) atoms. The Morgan fingerprint density at radius 3 is 2.71 bits per heavy atom. The molecule has 4 heteroatoms. The van der Waals surface area contributed by atoms with Crippen molar-refractivity contribution < 1.29 is 5.11 Å². The summed E-state index contributed by atoms with van der Waals surface area (Å²) < 4.78 is 0.877. The first-order chi connectivity index (χ1) is 8.15. The van der Waals surface area contributed by atoms with E-state index in [1.807, 2.05) is 30.3 Å². The number of benzene rings is 2. The zero-order chi connectivity index (χ0) is 12.3. The molecule has 88 valence electrons. The van der Waals surface area contributed by atoms with Crippen molar-refractivity contribution in [1.82, 2.24) is 0 Å². The van der Waals surface area contributed by atoms with Crippen LogP contribution in [-0.4, -0.2) is 5.11 Å². The molecule has 0 saturated carbocycles. The van der Waals surface area contributed by atoms with Crippen LogP contribution in [0.15, 0.2) is 46.9 Å². The Balaban J connectivity index is 2.05. The van der Waals surface area contributed by atoms with Crippen LogP contribution in [0.4, 0.5) is 5.69 Å². The van der Waals surface area contributed by atoms with E-state index in [0.29, 0.717) is 11.6 Å². The Hall–Kier alpha value is -1.19. The molecule has 2 nitrogen and oxygen atoms in total. The summed E-state index contributed by atoms with van der Waals surface area (Å²) in [6, 6.07) is 12.8. The Labute approximate surface area is 113 Å². The zero-order valence-corrected chi connectivity index (χ0v) is 11.3. The average Bonchev–Trinajstić information content (AvgIpc) is 2.31. The first kappa shape index (κ1) is 12.3. The van der Waals surface area contributed by atoms with E-state index in [4.69, 9.17) is 11.6 Å². The van der Waals surface area contributed by atoms with E-state index in [1.54, 1.807) is 12.1 Å². The highest BCUT2D eigenvalue weighted by molar-refractivity contribution is 9.10. The van der Waals surface area contributed by atoms with Crippen LogP contribution in [-0.2, 0) is 6.54 Å². The summed E-state index contributed by atoms with van der Waals surface area (Å²) >= 11 is 9.34. The first-order valence-electron chi connectivity index (χ1n) is 5.12. The van der Waals surface area contributed by atoms with Crippen LogP contribution in [0.3, 0.4) is 0 Å². The minimum absolute atomic E-state index is 0.276. The number of hydrogen-bond donors (Lipinski definition) is 2. The second-order valence-corrected chi connectivity index (χ2v) is 4.91. The molecule has 0 heterocycles. The Kier molecular flexibility index (Phi) is 3.92. The van der Waals surface area contributed by atoms with Crippen molar-refractivity contribution in [1.29, 1.82) is 0 Å². The van der Waals surface area contributed by atoms with Crippen LogP contribution in [0.2, 0.25) is 5.02 Å². The van der Waals surface area contributed by atoms with Crippen LogP contribution in [0, 0.1) is 0 Å². The molecule has 0 amide bonds. The van der Waals surface area contributed by atoms with Crippen molar-refractivity contribution >= 4 is 33.2 Å². The SMILES string of the molecule is Oc1cccc(CNc2ccc(Br)c(Cl)c2)c1. The van der Waals surface area contributed by atoms with E-state index in [0.717, 1.165) is 15.7 Å². The summed E-state index contributed by atoms with van der Waals surface area (Å²) in [5, 5.41) is 13.2. The highest BCUT2D eigenvalue weighted by atomic mass is 79.9. The summed E-state index contributed by atoms with van der Waals surface area (Å²) in [4.78, 5) is 0. The highest BCUT2D eigenvalue weighted by Gasteiger charge is 1.99. The van der Waals surface area contributed by atoms with Crippen LogP contribution in [0.1, 0.15) is 5.56 Å². The predicted octanol–water partition coefficient (Wildman–Crippen LogP) is 4.42. The normalized spacial score (nSPS) is 10.2. The van der Waals surface area contributed by atoms with Gasteiger partial charge in [-0.3, -0.25) is 0 Å². The standard InChI is InChI=1S/C13H11BrClNO/c14-12-5-4-10(7-13(12)15)16-8-9-2-1-3-11(17)6-9/h1-7,16-17H,8H2. The largest absolute Gasteiger partial charge is 0.508 e. The zero-order valence-electron chi connectivity index (χ0n) is 8.95. The molecule has 0 spiro atoms. The topological polar surface area (TPSA) is 32.3 Å². The molecule has 2 rings (SSSR count). The third-order valence-electron chi connectivity index (χ3n) is 2.33. The van der Waals surface area contributed by atoms with E-state index in [2.05, 4.69) is 21.2 Å². The maximum Gasteiger partial charge on any atom is 0.115 e. The van der Waals surface area contributed by atoms with Crippen LogP contribution in [0.25, 0.3) is 0 Å². The van der Waals surface area contributed by atoms with Crippen LogP contribution < -0.4 is 5.32 Å². The van der Waals surface area contributed by atoms with Gasteiger partial charge in [0.25, 0.3) is 0 Å². The maximum absolute atomic E-state index is 9.34. The molecule has 0 aromatic heterocycles. The molecule has 2 aromatic carbocycles. The van der Waals surface area contributed by atoms with Crippen molar-refractivity contribution in [3.05, 3.63) is 57.5 Å². The molecular weight excluding hydrogens is 302 g/mol. The van der Waals surface area contributed by atoms with E-state index in [1.165, 1.54) is 0 Å². The third kappa shape index (κ3) is 3.38. The quantitative estimate of drug-likeness (QED) is 0.879. The lowest BCUT2D eigenvalue weighted by atomic mass is 10.2. The smallest absolute Gasteiger partial charge is 0.115 e. The number of aromatic hydroxyl groups is 1. The molecule has 0 radical (unpaired) electrons. The molecule has 2 aromatic rings. The maximum atomic E-state index is 9.34. The van der Waals surface area contributed by atoms with Crippen molar-refractivity contribution in [3.8, 4) is 5.75 Å². The fourth-order valence-electron chi connectivity index (χ4n) is 1.48. The van der Waals surface area contributed by atoms with Gasteiger partial charge in [-0.25, -0.2) is 0 Å². The molecule has 0 saturated heterocycles. The van der Waals surface area contributed by atoms with Gasteiger partial charge in [0.15, 0.2) is 0 Å². The molecule has 0 unspecified atom stereocenters.